The van der Waals surface area contributed by atoms with Gasteiger partial charge >= 0.3 is 0 Å². The monoisotopic (exact) mass is 303 g/mol. The maximum Gasteiger partial charge on any atom is 0.0971 e. The fraction of sp³-hybridized carbons (Fsp3) is 1.00. The Morgan fingerprint density at radius 2 is 1.33 bits per heavy atom. The number of aliphatic hydroxyl groups is 3. The van der Waals surface area contributed by atoms with Gasteiger partial charge in [0.25, 0.3) is 0 Å². The van der Waals surface area contributed by atoms with E-state index in [0.29, 0.717) is 6.42 Å². The summed E-state index contributed by atoms with van der Waals surface area (Å²) in [4.78, 5) is 0. The Morgan fingerprint density at radius 1 is 0.857 bits per heavy atom. The van der Waals surface area contributed by atoms with Gasteiger partial charge < -0.3 is 21.1 Å². The number of unbranched alkanes of at least 4 members (excludes halogenated alkanes) is 6. The van der Waals surface area contributed by atoms with Gasteiger partial charge in [-0.1, -0.05) is 71.6 Å². The van der Waals surface area contributed by atoms with Crippen LogP contribution < -0.4 is 5.73 Å². The van der Waals surface area contributed by atoms with Crippen molar-refractivity contribution in [3.63, 3.8) is 0 Å². The minimum Gasteiger partial charge on any atom is -0.395 e. The van der Waals surface area contributed by atoms with E-state index >= 15 is 0 Å². The predicted molar refractivity (Wildman–Crippen MR) is 88.1 cm³/mol. The molecule has 0 aromatic carbocycles. The van der Waals surface area contributed by atoms with Crippen molar-refractivity contribution < 1.29 is 15.3 Å². The Hall–Kier alpha value is -0.160. The van der Waals surface area contributed by atoms with E-state index in [1.54, 1.807) is 0 Å². The summed E-state index contributed by atoms with van der Waals surface area (Å²) in [5.41, 5.74) is 5.49. The van der Waals surface area contributed by atoms with Crippen molar-refractivity contribution in [1.29, 1.82) is 0 Å². The molecule has 0 aliphatic carbocycles. The molecule has 0 aromatic heterocycles. The van der Waals surface area contributed by atoms with Crippen LogP contribution in [0.5, 0.6) is 0 Å². The summed E-state index contributed by atoms with van der Waals surface area (Å²) in [7, 11) is 0. The molecular weight excluding hydrogens is 266 g/mol. The summed E-state index contributed by atoms with van der Waals surface area (Å²) in [6, 6.07) is -0.745. The van der Waals surface area contributed by atoms with Crippen molar-refractivity contribution in [3.05, 3.63) is 0 Å². The SMILES string of the molecule is CCC(C)CCCCCCCCC[C@@H](O)[C@@H](O)[C@@H](N)CO. The maximum absolute atomic E-state index is 9.73. The van der Waals surface area contributed by atoms with Crippen LogP contribution >= 0.6 is 0 Å². The van der Waals surface area contributed by atoms with Crippen molar-refractivity contribution in [2.75, 3.05) is 6.61 Å². The van der Waals surface area contributed by atoms with Crippen LogP contribution in [0.15, 0.2) is 0 Å². The van der Waals surface area contributed by atoms with Crippen LogP contribution in [-0.4, -0.2) is 40.2 Å². The highest BCUT2D eigenvalue weighted by molar-refractivity contribution is 4.77. The number of hydrogen-bond acceptors (Lipinski definition) is 4. The van der Waals surface area contributed by atoms with Gasteiger partial charge in [-0.25, -0.2) is 0 Å². The average Bonchev–Trinajstić information content (AvgIpc) is 2.50. The Labute approximate surface area is 130 Å². The van der Waals surface area contributed by atoms with Crippen LogP contribution in [0.1, 0.15) is 78.1 Å². The molecule has 128 valence electrons. The predicted octanol–water partition coefficient (Wildman–Crippen LogP) is 2.58. The van der Waals surface area contributed by atoms with Gasteiger partial charge in [-0.3, -0.25) is 0 Å². The largest absolute Gasteiger partial charge is 0.395 e. The van der Waals surface area contributed by atoms with Gasteiger partial charge in [0.05, 0.1) is 24.9 Å². The lowest BCUT2D eigenvalue weighted by Crippen LogP contribution is -2.45. The molecule has 0 spiro atoms. The molecule has 0 amide bonds. The van der Waals surface area contributed by atoms with E-state index in [0.717, 1.165) is 18.8 Å². The summed E-state index contributed by atoms with van der Waals surface area (Å²) < 4.78 is 0. The number of hydrogen-bond donors (Lipinski definition) is 4. The van der Waals surface area contributed by atoms with E-state index < -0.39 is 18.2 Å². The molecule has 4 heteroatoms. The first-order chi connectivity index (χ1) is 10.0. The lowest BCUT2D eigenvalue weighted by atomic mass is 9.98. The highest BCUT2D eigenvalue weighted by Crippen LogP contribution is 2.15. The second-order valence-electron chi connectivity index (χ2n) is 6.47. The minimum atomic E-state index is -1.02. The van der Waals surface area contributed by atoms with Crippen LogP contribution in [-0.2, 0) is 0 Å². The second kappa shape index (κ2) is 13.5. The number of nitrogens with two attached hydrogens (primary N) is 1. The fourth-order valence-electron chi connectivity index (χ4n) is 2.50. The first-order valence-corrected chi connectivity index (χ1v) is 8.75. The van der Waals surface area contributed by atoms with E-state index in [4.69, 9.17) is 10.8 Å². The zero-order valence-electron chi connectivity index (χ0n) is 14.0. The highest BCUT2D eigenvalue weighted by Gasteiger charge is 2.22. The van der Waals surface area contributed by atoms with Gasteiger partial charge in [0.1, 0.15) is 0 Å². The molecule has 0 rings (SSSR count). The van der Waals surface area contributed by atoms with Crippen LogP contribution in [0.3, 0.4) is 0 Å². The van der Waals surface area contributed by atoms with Crippen LogP contribution in [0.2, 0.25) is 0 Å². The molecule has 5 N–H and O–H groups in total. The van der Waals surface area contributed by atoms with Crippen molar-refractivity contribution in [1.82, 2.24) is 0 Å². The molecular formula is C17H37NO3. The van der Waals surface area contributed by atoms with Gasteiger partial charge in [0.15, 0.2) is 0 Å². The third kappa shape index (κ3) is 11.1. The average molecular weight is 303 g/mol. The topological polar surface area (TPSA) is 86.7 Å². The Bertz CT molecular complexity index is 226. The quantitative estimate of drug-likeness (QED) is 0.371. The Kier molecular flexibility index (Phi) is 13.4. The molecule has 0 bridgehead atoms. The number of rotatable bonds is 14. The van der Waals surface area contributed by atoms with Gasteiger partial charge in [-0.2, -0.15) is 0 Å². The molecule has 0 fully saturated rings. The molecule has 0 saturated heterocycles. The van der Waals surface area contributed by atoms with Crippen molar-refractivity contribution >= 4 is 0 Å². The summed E-state index contributed by atoms with van der Waals surface area (Å²) in [6.07, 6.45) is 9.79. The zero-order valence-corrected chi connectivity index (χ0v) is 14.0. The van der Waals surface area contributed by atoms with E-state index in [1.807, 2.05) is 0 Å². The molecule has 0 aliphatic rings. The van der Waals surface area contributed by atoms with Crippen LogP contribution in [0.25, 0.3) is 0 Å². The third-order valence-corrected chi connectivity index (χ3v) is 4.44. The Morgan fingerprint density at radius 3 is 1.81 bits per heavy atom. The molecule has 0 radical (unpaired) electrons. The molecule has 21 heavy (non-hydrogen) atoms. The van der Waals surface area contributed by atoms with Gasteiger partial charge in [0.2, 0.25) is 0 Å². The normalized spacial score (nSPS) is 17.4. The van der Waals surface area contributed by atoms with Crippen LogP contribution in [0, 0.1) is 5.92 Å². The third-order valence-electron chi connectivity index (χ3n) is 4.44. The lowest BCUT2D eigenvalue weighted by molar-refractivity contribution is -0.0121. The van der Waals surface area contributed by atoms with E-state index in [2.05, 4.69) is 13.8 Å². The maximum atomic E-state index is 9.73. The van der Waals surface area contributed by atoms with Gasteiger partial charge in [-0.15, -0.1) is 0 Å². The molecule has 1 unspecified atom stereocenters. The molecule has 0 saturated carbocycles. The van der Waals surface area contributed by atoms with Gasteiger partial charge in [0, 0.05) is 0 Å². The Balaban J connectivity index is 3.36. The summed E-state index contributed by atoms with van der Waals surface area (Å²) in [6.45, 7) is 4.28. The smallest absolute Gasteiger partial charge is 0.0971 e. The first kappa shape index (κ1) is 20.8. The van der Waals surface area contributed by atoms with Gasteiger partial charge in [-0.05, 0) is 12.3 Å². The summed E-state index contributed by atoms with van der Waals surface area (Å²) >= 11 is 0. The van der Waals surface area contributed by atoms with E-state index in [1.165, 1.54) is 44.9 Å². The first-order valence-electron chi connectivity index (χ1n) is 8.75. The zero-order chi connectivity index (χ0) is 16.1. The molecule has 4 nitrogen and oxygen atoms in total. The fourth-order valence-corrected chi connectivity index (χ4v) is 2.50. The van der Waals surface area contributed by atoms with Crippen molar-refractivity contribution in [2.45, 2.75) is 96.3 Å². The van der Waals surface area contributed by atoms with E-state index in [9.17, 15) is 10.2 Å². The van der Waals surface area contributed by atoms with Crippen molar-refractivity contribution in [2.24, 2.45) is 11.7 Å². The second-order valence-corrected chi connectivity index (χ2v) is 6.47. The summed E-state index contributed by atoms with van der Waals surface area (Å²) in [5, 5.41) is 28.2. The van der Waals surface area contributed by atoms with Crippen LogP contribution in [0.4, 0.5) is 0 Å². The van der Waals surface area contributed by atoms with E-state index in [-0.39, 0.29) is 6.61 Å². The molecule has 4 atom stereocenters. The van der Waals surface area contributed by atoms with Crippen molar-refractivity contribution in [3.8, 4) is 0 Å². The summed E-state index contributed by atoms with van der Waals surface area (Å²) in [5.74, 6) is 0.864. The molecule has 0 heterocycles. The molecule has 0 aliphatic heterocycles. The number of aliphatic hydroxyl groups excluding tert-OH is 3. The minimum absolute atomic E-state index is 0.297. The standard InChI is InChI=1S/C17H37NO3/c1-3-14(2)11-9-7-5-4-6-8-10-12-16(20)17(21)15(18)13-19/h14-17,19-21H,3-13,18H2,1-2H3/t14?,15-,16+,17-/m0/s1. The molecule has 0 aromatic rings. The lowest BCUT2D eigenvalue weighted by Gasteiger charge is -2.22. The highest BCUT2D eigenvalue weighted by atomic mass is 16.3.